The van der Waals surface area contributed by atoms with Crippen LogP contribution in [0.2, 0.25) is 10.0 Å². The van der Waals surface area contributed by atoms with Crippen molar-refractivity contribution in [3.05, 3.63) is 50.2 Å². The summed E-state index contributed by atoms with van der Waals surface area (Å²) in [4.78, 5) is 38.1. The number of thiophene rings is 1. The van der Waals surface area contributed by atoms with E-state index < -0.39 is 11.5 Å². The Hall–Kier alpha value is -2.20. The Morgan fingerprint density at radius 1 is 1.30 bits per heavy atom. The van der Waals surface area contributed by atoms with Crippen molar-refractivity contribution in [3.8, 4) is 5.75 Å². The van der Waals surface area contributed by atoms with Gasteiger partial charge in [0.2, 0.25) is 5.91 Å². The number of primary amides is 1. The van der Waals surface area contributed by atoms with Gasteiger partial charge in [-0.25, -0.2) is 0 Å². The summed E-state index contributed by atoms with van der Waals surface area (Å²) in [7, 11) is 0. The van der Waals surface area contributed by atoms with Crippen molar-refractivity contribution < 1.29 is 14.7 Å². The zero-order chi connectivity index (χ0) is 19.7. The highest BCUT2D eigenvalue weighted by Gasteiger charge is 2.21. The van der Waals surface area contributed by atoms with E-state index in [1.165, 1.54) is 6.07 Å². The highest BCUT2D eigenvalue weighted by Crippen LogP contribution is 2.40. The second-order valence-electron chi connectivity index (χ2n) is 5.31. The number of nitrogens with one attached hydrogen (secondary N) is 2. The zero-order valence-corrected chi connectivity index (χ0v) is 16.5. The number of fused-ring (bicyclic) bond motifs is 1. The van der Waals surface area contributed by atoms with Crippen molar-refractivity contribution in [1.82, 2.24) is 4.98 Å². The van der Waals surface area contributed by atoms with E-state index in [-0.39, 0.29) is 28.5 Å². The molecular formula is C16H11Cl2N3O4S2. The molecule has 3 aromatic rings. The molecule has 2 heterocycles. The summed E-state index contributed by atoms with van der Waals surface area (Å²) in [5.74, 6) is -1.44. The summed E-state index contributed by atoms with van der Waals surface area (Å²) in [6, 6.07) is 5.67. The molecule has 7 nitrogen and oxygen atoms in total. The zero-order valence-electron chi connectivity index (χ0n) is 13.3. The monoisotopic (exact) mass is 443 g/mol. The normalized spacial score (nSPS) is 10.9. The number of thioether (sulfide) groups is 1. The number of nitrogens with two attached hydrogens (primary N) is 1. The highest BCUT2D eigenvalue weighted by atomic mass is 35.5. The number of halogens is 2. The number of H-pyrrole nitrogens is 1. The SMILES string of the molecule is NC(=O)c1c(SCC(=O)Nc2ccc(Cl)cc2Cl)sc2c(O)cc(=O)[nH]c12. The van der Waals surface area contributed by atoms with Gasteiger partial charge in [0.1, 0.15) is 5.75 Å². The number of pyridine rings is 1. The van der Waals surface area contributed by atoms with E-state index in [2.05, 4.69) is 10.3 Å². The van der Waals surface area contributed by atoms with Crippen molar-refractivity contribution in [2.24, 2.45) is 5.73 Å². The van der Waals surface area contributed by atoms with Gasteiger partial charge >= 0.3 is 0 Å². The summed E-state index contributed by atoms with van der Waals surface area (Å²) in [5, 5.41) is 13.3. The maximum atomic E-state index is 12.2. The largest absolute Gasteiger partial charge is 0.506 e. The Balaban J connectivity index is 1.83. The second kappa shape index (κ2) is 7.81. The molecule has 3 rings (SSSR count). The molecule has 0 unspecified atom stereocenters. The molecule has 0 atom stereocenters. The highest BCUT2D eigenvalue weighted by molar-refractivity contribution is 8.02. The number of rotatable bonds is 5. The Morgan fingerprint density at radius 2 is 2.04 bits per heavy atom. The first-order valence-corrected chi connectivity index (χ1v) is 9.88. The predicted octanol–water partition coefficient (Wildman–Crippen LogP) is 3.43. The molecule has 2 aromatic heterocycles. The minimum Gasteiger partial charge on any atom is -0.506 e. The van der Waals surface area contributed by atoms with Gasteiger partial charge in [-0.1, -0.05) is 23.2 Å². The standard InChI is InChI=1S/C16H11Cl2N3O4S2/c17-6-1-2-8(7(18)3-6)20-11(24)5-26-16-12(15(19)25)13-14(27-16)9(22)4-10(23)21-13/h1-4H,5H2,(H2,19,25)(H,20,24)(H2,21,22,23). The molecule has 1 aromatic carbocycles. The van der Waals surface area contributed by atoms with E-state index in [9.17, 15) is 19.5 Å². The van der Waals surface area contributed by atoms with Crippen molar-refractivity contribution in [3.63, 3.8) is 0 Å². The van der Waals surface area contributed by atoms with Crippen LogP contribution in [0.25, 0.3) is 10.2 Å². The van der Waals surface area contributed by atoms with Crippen LogP contribution >= 0.6 is 46.3 Å². The van der Waals surface area contributed by atoms with Crippen molar-refractivity contribution in [1.29, 1.82) is 0 Å². The van der Waals surface area contributed by atoms with Crippen LogP contribution in [0.4, 0.5) is 5.69 Å². The molecule has 27 heavy (non-hydrogen) atoms. The number of aromatic amines is 1. The van der Waals surface area contributed by atoms with Crippen molar-refractivity contribution in [2.75, 3.05) is 11.1 Å². The molecule has 0 fully saturated rings. The predicted molar refractivity (Wildman–Crippen MR) is 108 cm³/mol. The summed E-state index contributed by atoms with van der Waals surface area (Å²) < 4.78 is 0.721. The number of carbonyl (C=O) groups excluding carboxylic acids is 2. The van der Waals surface area contributed by atoms with Gasteiger partial charge in [-0.2, -0.15) is 0 Å². The molecule has 0 aliphatic rings. The van der Waals surface area contributed by atoms with Gasteiger partial charge < -0.3 is 21.1 Å². The molecule has 0 aliphatic carbocycles. The summed E-state index contributed by atoms with van der Waals surface area (Å²) in [5.41, 5.74) is 5.46. The van der Waals surface area contributed by atoms with Crippen LogP contribution in [0.3, 0.4) is 0 Å². The summed E-state index contributed by atoms with van der Waals surface area (Å²) in [6.07, 6.45) is 0. The Kier molecular flexibility index (Phi) is 5.66. The lowest BCUT2D eigenvalue weighted by molar-refractivity contribution is -0.113. The maximum Gasteiger partial charge on any atom is 0.252 e. The molecule has 140 valence electrons. The lowest BCUT2D eigenvalue weighted by Crippen LogP contribution is -2.16. The first-order valence-electron chi connectivity index (χ1n) is 7.32. The van der Waals surface area contributed by atoms with Gasteiger partial charge in [-0.15, -0.1) is 23.1 Å². The fraction of sp³-hybridized carbons (Fsp3) is 0.0625. The van der Waals surface area contributed by atoms with Crippen LogP contribution in [-0.2, 0) is 4.79 Å². The van der Waals surface area contributed by atoms with Crippen molar-refractivity contribution in [2.45, 2.75) is 4.21 Å². The third kappa shape index (κ3) is 4.22. The first kappa shape index (κ1) is 19.6. The smallest absolute Gasteiger partial charge is 0.252 e. The Bertz CT molecular complexity index is 1130. The third-order valence-corrected chi connectivity index (χ3v) is 6.44. The number of anilines is 1. The van der Waals surface area contributed by atoms with Gasteiger partial charge in [-0.05, 0) is 18.2 Å². The van der Waals surface area contributed by atoms with Crippen LogP contribution in [0, 0.1) is 0 Å². The molecule has 0 saturated carbocycles. The lowest BCUT2D eigenvalue weighted by atomic mass is 10.2. The van der Waals surface area contributed by atoms with E-state index >= 15 is 0 Å². The van der Waals surface area contributed by atoms with Crippen molar-refractivity contribution >= 4 is 74.0 Å². The molecule has 11 heteroatoms. The van der Waals surface area contributed by atoms with E-state index in [0.717, 1.165) is 29.2 Å². The molecule has 0 saturated heterocycles. The minimum absolute atomic E-state index is 0.0446. The van der Waals surface area contributed by atoms with Crippen LogP contribution < -0.4 is 16.6 Å². The number of aromatic hydroxyl groups is 1. The molecule has 0 radical (unpaired) electrons. The van der Waals surface area contributed by atoms with Crippen LogP contribution in [0.5, 0.6) is 5.75 Å². The third-order valence-electron chi connectivity index (χ3n) is 3.41. The number of hydrogen-bond donors (Lipinski definition) is 4. The van der Waals surface area contributed by atoms with E-state index in [0.29, 0.717) is 24.6 Å². The van der Waals surface area contributed by atoms with Gasteiger partial charge in [0.05, 0.1) is 36.5 Å². The number of benzene rings is 1. The Labute approximate surface area is 170 Å². The van der Waals surface area contributed by atoms with Crippen LogP contribution in [-0.4, -0.2) is 27.7 Å². The second-order valence-corrected chi connectivity index (χ2v) is 8.42. The fourth-order valence-corrected chi connectivity index (χ4v) is 5.00. The molecule has 0 aliphatic heterocycles. The molecule has 5 N–H and O–H groups in total. The molecular weight excluding hydrogens is 433 g/mol. The average molecular weight is 444 g/mol. The van der Waals surface area contributed by atoms with Crippen LogP contribution in [0.1, 0.15) is 10.4 Å². The number of carbonyl (C=O) groups is 2. The van der Waals surface area contributed by atoms with Gasteiger partial charge in [0, 0.05) is 11.1 Å². The van der Waals surface area contributed by atoms with Gasteiger partial charge in [-0.3, -0.25) is 14.4 Å². The maximum absolute atomic E-state index is 12.2. The fourth-order valence-electron chi connectivity index (χ4n) is 2.29. The number of aromatic nitrogens is 1. The first-order chi connectivity index (χ1) is 12.8. The lowest BCUT2D eigenvalue weighted by Gasteiger charge is -2.07. The number of amides is 2. The summed E-state index contributed by atoms with van der Waals surface area (Å²) >= 11 is 13.9. The quantitative estimate of drug-likeness (QED) is 0.449. The summed E-state index contributed by atoms with van der Waals surface area (Å²) in [6.45, 7) is 0. The molecule has 2 amide bonds. The van der Waals surface area contributed by atoms with Gasteiger partial charge in [0.15, 0.2) is 0 Å². The van der Waals surface area contributed by atoms with E-state index in [1.807, 2.05) is 0 Å². The molecule has 0 bridgehead atoms. The Morgan fingerprint density at radius 3 is 2.70 bits per heavy atom. The van der Waals surface area contributed by atoms with E-state index in [1.54, 1.807) is 12.1 Å². The minimum atomic E-state index is -0.772. The number of hydrogen-bond acceptors (Lipinski definition) is 6. The average Bonchev–Trinajstić information content (AvgIpc) is 2.94. The van der Waals surface area contributed by atoms with E-state index in [4.69, 9.17) is 28.9 Å². The van der Waals surface area contributed by atoms with Crippen LogP contribution in [0.15, 0.2) is 33.3 Å². The molecule has 0 spiro atoms. The van der Waals surface area contributed by atoms with Gasteiger partial charge in [0.25, 0.3) is 11.5 Å². The topological polar surface area (TPSA) is 125 Å².